The third kappa shape index (κ3) is 4.56. The van der Waals surface area contributed by atoms with Crippen LogP contribution in [0.5, 0.6) is 0 Å². The lowest BCUT2D eigenvalue weighted by Crippen LogP contribution is -2.36. The lowest BCUT2D eigenvalue weighted by Gasteiger charge is -2.33. The maximum absolute atomic E-state index is 13.0. The lowest BCUT2D eigenvalue weighted by atomic mass is 10.0. The zero-order valence-electron chi connectivity index (χ0n) is 18.4. The number of nitrogens with zero attached hydrogens (tertiary/aromatic N) is 3. The predicted octanol–water partition coefficient (Wildman–Crippen LogP) is 5.77. The fourth-order valence-electron chi connectivity index (χ4n) is 4.90. The van der Waals surface area contributed by atoms with E-state index in [9.17, 15) is 18.0 Å². The molecule has 0 radical (unpaired) electrons. The second-order valence-corrected chi connectivity index (χ2v) is 9.23. The summed E-state index contributed by atoms with van der Waals surface area (Å²) in [6.07, 6.45) is -2.83. The number of aromatic amines is 1. The molecular weight excluding hydrogens is 465 g/mol. The monoisotopic (exact) mass is 490 g/mol. The smallest absolute Gasteiger partial charge is 0.416 e. The number of anilines is 1. The molecule has 3 heterocycles. The number of rotatable bonds is 5. The van der Waals surface area contributed by atoms with Gasteiger partial charge in [-0.25, -0.2) is 4.79 Å². The summed E-state index contributed by atoms with van der Waals surface area (Å²) in [7, 11) is 0. The maximum atomic E-state index is 13.0. The highest BCUT2D eigenvalue weighted by Gasteiger charge is 2.35. The first kappa shape index (κ1) is 22.9. The second kappa shape index (κ2) is 9.07. The molecule has 34 heavy (non-hydrogen) atoms. The van der Waals surface area contributed by atoms with E-state index in [0.717, 1.165) is 60.4 Å². The highest BCUT2D eigenvalue weighted by atomic mass is 32.1. The Balaban J connectivity index is 1.15. The number of benzene rings is 2. The molecule has 2 saturated heterocycles. The second-order valence-electron chi connectivity index (χ2n) is 8.84. The molecule has 10 heteroatoms. The van der Waals surface area contributed by atoms with E-state index in [2.05, 4.69) is 20.5 Å². The van der Waals surface area contributed by atoms with Crippen molar-refractivity contribution in [3.63, 3.8) is 0 Å². The molecule has 1 atom stereocenters. The maximum Gasteiger partial charge on any atom is 0.416 e. The Labute approximate surface area is 199 Å². The molecule has 1 aromatic heterocycles. The number of imidazole rings is 1. The van der Waals surface area contributed by atoms with Gasteiger partial charge in [0.25, 0.3) is 0 Å². The zero-order chi connectivity index (χ0) is 23.9. The average Bonchev–Trinajstić information content (AvgIpc) is 3.36. The van der Waals surface area contributed by atoms with Crippen molar-refractivity contribution in [3.05, 3.63) is 58.9 Å². The number of amides is 1. The van der Waals surface area contributed by atoms with Crippen molar-refractivity contribution in [2.24, 2.45) is 0 Å². The van der Waals surface area contributed by atoms with Crippen molar-refractivity contribution in [3.8, 4) is 0 Å². The van der Waals surface area contributed by atoms with Crippen LogP contribution in [-0.2, 0) is 10.9 Å². The molecule has 5 rings (SSSR count). The van der Waals surface area contributed by atoms with Gasteiger partial charge >= 0.3 is 12.3 Å². The molecule has 0 spiro atoms. The normalized spacial score (nSPS) is 20.3. The Morgan fingerprint density at radius 2 is 1.85 bits per heavy atom. The standard InChI is InChI=1S/C24H25F3N4O2S/c25-24(26,27)16-4-3-5-18(14-16)30-15-19(33-23(30)32)10-13-29-11-8-17(9-12-29)31-21-7-2-1-6-20(21)28-22(31)34/h1-7,14,17,19H,8-13,15H2,(H,28,34). The Morgan fingerprint density at radius 1 is 1.09 bits per heavy atom. The van der Waals surface area contributed by atoms with Gasteiger partial charge in [-0.2, -0.15) is 13.2 Å². The number of hydrogen-bond acceptors (Lipinski definition) is 4. The summed E-state index contributed by atoms with van der Waals surface area (Å²) in [4.78, 5) is 19.2. The summed E-state index contributed by atoms with van der Waals surface area (Å²) in [6, 6.07) is 13.2. The van der Waals surface area contributed by atoms with Gasteiger partial charge in [0.15, 0.2) is 4.77 Å². The number of ether oxygens (including phenoxy) is 1. The first-order valence-electron chi connectivity index (χ1n) is 11.4. The van der Waals surface area contributed by atoms with E-state index in [1.807, 2.05) is 18.2 Å². The van der Waals surface area contributed by atoms with Crippen LogP contribution in [0, 0.1) is 4.77 Å². The predicted molar refractivity (Wildman–Crippen MR) is 126 cm³/mol. The summed E-state index contributed by atoms with van der Waals surface area (Å²) in [5, 5.41) is 0. The number of aromatic nitrogens is 2. The molecule has 2 aromatic carbocycles. The van der Waals surface area contributed by atoms with Crippen molar-refractivity contribution in [2.45, 2.75) is 37.6 Å². The van der Waals surface area contributed by atoms with Crippen LogP contribution in [0.25, 0.3) is 11.0 Å². The molecule has 2 aliphatic heterocycles. The summed E-state index contributed by atoms with van der Waals surface area (Å²) in [6.45, 7) is 2.83. The number of carbonyl (C=O) groups is 1. The highest BCUT2D eigenvalue weighted by molar-refractivity contribution is 7.71. The highest BCUT2D eigenvalue weighted by Crippen LogP contribution is 2.33. The lowest BCUT2D eigenvalue weighted by molar-refractivity contribution is -0.137. The molecule has 2 fully saturated rings. The molecule has 6 nitrogen and oxygen atoms in total. The molecule has 1 unspecified atom stereocenters. The molecule has 0 aliphatic carbocycles. The van der Waals surface area contributed by atoms with Crippen LogP contribution in [-0.4, -0.2) is 52.8 Å². The van der Waals surface area contributed by atoms with Crippen LogP contribution >= 0.6 is 12.2 Å². The van der Waals surface area contributed by atoms with E-state index in [1.165, 1.54) is 17.0 Å². The minimum atomic E-state index is -4.46. The number of hydrogen-bond donors (Lipinski definition) is 1. The van der Waals surface area contributed by atoms with Crippen LogP contribution in [0.3, 0.4) is 0 Å². The number of carbonyl (C=O) groups excluding carboxylic acids is 1. The fraction of sp³-hybridized carbons (Fsp3) is 0.417. The number of H-pyrrole nitrogens is 1. The number of alkyl halides is 3. The molecule has 0 bridgehead atoms. The number of cyclic esters (lactones) is 1. The number of fused-ring (bicyclic) bond motifs is 1. The SMILES string of the molecule is O=C1OC(CCN2CCC(n3c(=S)[nH]c4ccccc43)CC2)CN1c1cccc(C(F)(F)F)c1. The van der Waals surface area contributed by atoms with Gasteiger partial charge in [0.1, 0.15) is 6.10 Å². The number of piperidine rings is 1. The Hall–Kier alpha value is -2.85. The molecule has 180 valence electrons. The van der Waals surface area contributed by atoms with E-state index in [-0.39, 0.29) is 18.3 Å². The van der Waals surface area contributed by atoms with Crippen molar-refractivity contribution in [1.29, 1.82) is 0 Å². The Kier molecular flexibility index (Phi) is 6.11. The molecular formula is C24H25F3N4O2S. The zero-order valence-corrected chi connectivity index (χ0v) is 19.2. The first-order valence-corrected chi connectivity index (χ1v) is 11.8. The third-order valence-corrected chi connectivity index (χ3v) is 6.97. The van der Waals surface area contributed by atoms with Gasteiger partial charge in [-0.1, -0.05) is 18.2 Å². The van der Waals surface area contributed by atoms with E-state index in [1.54, 1.807) is 0 Å². The summed E-state index contributed by atoms with van der Waals surface area (Å²) in [5.41, 5.74) is 1.60. The van der Waals surface area contributed by atoms with Crippen LogP contribution in [0.2, 0.25) is 0 Å². The number of halogens is 3. The van der Waals surface area contributed by atoms with Gasteiger partial charge in [0, 0.05) is 31.4 Å². The fourth-order valence-corrected chi connectivity index (χ4v) is 5.25. The first-order chi connectivity index (χ1) is 16.3. The van der Waals surface area contributed by atoms with Crippen molar-refractivity contribution >= 4 is 35.0 Å². The van der Waals surface area contributed by atoms with Gasteiger partial charge in [-0.15, -0.1) is 0 Å². The van der Waals surface area contributed by atoms with E-state index >= 15 is 0 Å². The number of likely N-dealkylation sites (tertiary alicyclic amines) is 1. The Morgan fingerprint density at radius 3 is 2.62 bits per heavy atom. The van der Waals surface area contributed by atoms with Crippen LogP contribution in [0.4, 0.5) is 23.7 Å². The van der Waals surface area contributed by atoms with Crippen LogP contribution in [0.1, 0.15) is 30.9 Å². The minimum Gasteiger partial charge on any atom is -0.444 e. The molecule has 0 saturated carbocycles. The molecule has 1 amide bonds. The topological polar surface area (TPSA) is 53.5 Å². The van der Waals surface area contributed by atoms with Crippen molar-refractivity contribution in [1.82, 2.24) is 14.5 Å². The molecule has 3 aromatic rings. The van der Waals surface area contributed by atoms with Crippen molar-refractivity contribution in [2.75, 3.05) is 31.1 Å². The summed E-state index contributed by atoms with van der Waals surface area (Å²) < 4.78 is 47.5. The number of nitrogens with one attached hydrogen (secondary N) is 1. The van der Waals surface area contributed by atoms with Gasteiger partial charge in [0.2, 0.25) is 0 Å². The van der Waals surface area contributed by atoms with E-state index in [4.69, 9.17) is 17.0 Å². The summed E-state index contributed by atoms with van der Waals surface area (Å²) >= 11 is 5.56. The van der Waals surface area contributed by atoms with Gasteiger partial charge < -0.3 is 19.2 Å². The Bertz CT molecular complexity index is 1250. The van der Waals surface area contributed by atoms with Gasteiger partial charge in [-0.05, 0) is 61.8 Å². The average molecular weight is 491 g/mol. The number of para-hydroxylation sites is 2. The van der Waals surface area contributed by atoms with E-state index in [0.29, 0.717) is 12.5 Å². The van der Waals surface area contributed by atoms with Crippen LogP contribution < -0.4 is 4.90 Å². The van der Waals surface area contributed by atoms with Gasteiger partial charge in [0.05, 0.1) is 23.1 Å². The quantitative estimate of drug-likeness (QED) is 0.462. The third-order valence-electron chi connectivity index (χ3n) is 6.67. The molecule has 1 N–H and O–H groups in total. The largest absolute Gasteiger partial charge is 0.444 e. The summed E-state index contributed by atoms with van der Waals surface area (Å²) in [5.74, 6) is 0. The molecule has 2 aliphatic rings. The van der Waals surface area contributed by atoms with E-state index < -0.39 is 17.8 Å². The minimum absolute atomic E-state index is 0.207. The van der Waals surface area contributed by atoms with Gasteiger partial charge in [-0.3, -0.25) is 4.90 Å². The van der Waals surface area contributed by atoms with Crippen molar-refractivity contribution < 1.29 is 22.7 Å². The van der Waals surface area contributed by atoms with Crippen LogP contribution in [0.15, 0.2) is 48.5 Å².